The highest BCUT2D eigenvalue weighted by Gasteiger charge is 2.51. The number of carbonyl (C=O) groups is 3. The van der Waals surface area contributed by atoms with Crippen molar-refractivity contribution in [3.63, 3.8) is 0 Å². The third-order valence-electron chi connectivity index (χ3n) is 6.53. The molecule has 0 heterocycles. The molecule has 3 amide bonds. The number of nitrogens with one attached hydrogen (secondary N) is 3. The topological polar surface area (TPSA) is 108 Å². The van der Waals surface area contributed by atoms with E-state index in [1.54, 1.807) is 0 Å². The summed E-state index contributed by atoms with van der Waals surface area (Å²) in [6.07, 6.45) is 9.39. The molecule has 0 aliphatic heterocycles. The van der Waals surface area contributed by atoms with Gasteiger partial charge in [0.05, 0.1) is 0 Å². The second-order valence-electron chi connectivity index (χ2n) is 8.93. The van der Waals surface area contributed by atoms with E-state index in [2.05, 4.69) is 16.0 Å². The molecule has 4 fully saturated rings. The number of unbranched alkanes of at least 4 members (excludes halogenated alkanes) is 1. The molecule has 4 saturated carbocycles. The van der Waals surface area contributed by atoms with Gasteiger partial charge in [-0.05, 0) is 62.7 Å². The predicted octanol–water partition coefficient (Wildman–Crippen LogP) is 2.40. The minimum Gasteiger partial charge on any atom is -0.480 e. The fourth-order valence-corrected chi connectivity index (χ4v) is 5.77. The van der Waals surface area contributed by atoms with Gasteiger partial charge in [0, 0.05) is 18.5 Å². The van der Waals surface area contributed by atoms with E-state index in [1.165, 1.54) is 19.3 Å². The molecular formula is C20H33N3O4. The van der Waals surface area contributed by atoms with E-state index >= 15 is 0 Å². The van der Waals surface area contributed by atoms with Crippen LogP contribution in [0.25, 0.3) is 0 Å². The van der Waals surface area contributed by atoms with Crippen LogP contribution in [0.4, 0.5) is 4.79 Å². The van der Waals surface area contributed by atoms with E-state index in [9.17, 15) is 14.4 Å². The van der Waals surface area contributed by atoms with Crippen LogP contribution in [0.15, 0.2) is 0 Å². The van der Waals surface area contributed by atoms with Crippen molar-refractivity contribution in [1.29, 1.82) is 0 Å². The monoisotopic (exact) mass is 379 g/mol. The van der Waals surface area contributed by atoms with E-state index < -0.39 is 12.0 Å². The van der Waals surface area contributed by atoms with Crippen LogP contribution in [0.2, 0.25) is 0 Å². The molecule has 4 N–H and O–H groups in total. The van der Waals surface area contributed by atoms with Gasteiger partial charge in [-0.15, -0.1) is 0 Å². The maximum absolute atomic E-state index is 12.3. The number of amides is 3. The first kappa shape index (κ1) is 20.0. The minimum absolute atomic E-state index is 0.0460. The van der Waals surface area contributed by atoms with Gasteiger partial charge >= 0.3 is 12.0 Å². The van der Waals surface area contributed by atoms with Crippen molar-refractivity contribution in [2.45, 2.75) is 82.7 Å². The molecule has 7 nitrogen and oxygen atoms in total. The molecule has 1 unspecified atom stereocenters. The Kier molecular flexibility index (Phi) is 6.27. The van der Waals surface area contributed by atoms with Gasteiger partial charge in [-0.3, -0.25) is 4.79 Å². The minimum atomic E-state index is -1.01. The van der Waals surface area contributed by atoms with Crippen molar-refractivity contribution in [2.75, 3.05) is 6.54 Å². The highest BCUT2D eigenvalue weighted by Crippen LogP contribution is 2.55. The van der Waals surface area contributed by atoms with Gasteiger partial charge < -0.3 is 21.1 Å². The Morgan fingerprint density at radius 3 is 2.19 bits per heavy atom. The van der Waals surface area contributed by atoms with E-state index in [1.807, 2.05) is 6.92 Å². The lowest BCUT2D eigenvalue weighted by Crippen LogP contribution is -2.61. The summed E-state index contributed by atoms with van der Waals surface area (Å²) in [5.74, 6) is 0.938. The summed E-state index contributed by atoms with van der Waals surface area (Å²) in [7, 11) is 0. The van der Waals surface area contributed by atoms with Crippen LogP contribution in [0, 0.1) is 17.8 Å². The van der Waals surface area contributed by atoms with Crippen molar-refractivity contribution < 1.29 is 19.5 Å². The summed E-state index contributed by atoms with van der Waals surface area (Å²) in [6, 6.07) is -1.05. The number of aliphatic carboxylic acids is 1. The summed E-state index contributed by atoms with van der Waals surface area (Å²) in [6.45, 7) is 2.19. The van der Waals surface area contributed by atoms with Crippen LogP contribution in [0.5, 0.6) is 0 Å². The molecule has 7 heteroatoms. The zero-order chi connectivity index (χ0) is 19.4. The first-order chi connectivity index (χ1) is 12.9. The van der Waals surface area contributed by atoms with Crippen LogP contribution in [-0.2, 0) is 9.59 Å². The molecule has 4 aliphatic carbocycles. The second-order valence-corrected chi connectivity index (χ2v) is 8.93. The Morgan fingerprint density at radius 1 is 1.07 bits per heavy atom. The first-order valence-corrected chi connectivity index (χ1v) is 10.5. The lowest BCUT2D eigenvalue weighted by Gasteiger charge is -2.56. The van der Waals surface area contributed by atoms with Crippen LogP contribution in [-0.4, -0.2) is 41.1 Å². The molecule has 0 saturated heterocycles. The van der Waals surface area contributed by atoms with Crippen LogP contribution in [0.1, 0.15) is 71.1 Å². The molecule has 0 aromatic rings. The fraction of sp³-hybridized carbons (Fsp3) is 0.850. The maximum atomic E-state index is 12.3. The quantitative estimate of drug-likeness (QED) is 0.493. The molecule has 1 atom stereocenters. The van der Waals surface area contributed by atoms with Gasteiger partial charge in [0.25, 0.3) is 0 Å². The Bertz CT molecular complexity index is 542. The van der Waals surface area contributed by atoms with E-state index in [4.69, 9.17) is 5.11 Å². The maximum Gasteiger partial charge on any atom is 0.326 e. The lowest BCUT2D eigenvalue weighted by molar-refractivity contribution is -0.142. The Balaban J connectivity index is 1.38. The largest absolute Gasteiger partial charge is 0.480 e. The Morgan fingerprint density at radius 2 is 1.67 bits per heavy atom. The average Bonchev–Trinajstić information content (AvgIpc) is 2.56. The van der Waals surface area contributed by atoms with Gasteiger partial charge in [0.15, 0.2) is 0 Å². The number of hydrogen-bond acceptors (Lipinski definition) is 3. The van der Waals surface area contributed by atoms with Crippen molar-refractivity contribution in [1.82, 2.24) is 16.0 Å². The molecule has 0 aromatic carbocycles. The van der Waals surface area contributed by atoms with Crippen molar-refractivity contribution >= 4 is 17.9 Å². The predicted molar refractivity (Wildman–Crippen MR) is 101 cm³/mol. The normalized spacial score (nSPS) is 32.0. The van der Waals surface area contributed by atoms with Crippen molar-refractivity contribution in [3.8, 4) is 0 Å². The van der Waals surface area contributed by atoms with E-state index in [0.717, 1.165) is 49.9 Å². The SMILES string of the molecule is CCCCC(NC(=O)CCNC(=O)NC12CC3CC(CC(C3)C1)C2)C(=O)O. The summed E-state index contributed by atoms with van der Waals surface area (Å²) in [5, 5.41) is 17.7. The van der Waals surface area contributed by atoms with Crippen LogP contribution in [0.3, 0.4) is 0 Å². The van der Waals surface area contributed by atoms with Gasteiger partial charge in [0.2, 0.25) is 5.91 Å². The number of carboxylic acids is 1. The molecular weight excluding hydrogens is 346 g/mol. The van der Waals surface area contributed by atoms with Gasteiger partial charge in [-0.25, -0.2) is 9.59 Å². The van der Waals surface area contributed by atoms with Crippen LogP contribution < -0.4 is 16.0 Å². The molecule has 0 radical (unpaired) electrons. The summed E-state index contributed by atoms with van der Waals surface area (Å²) in [4.78, 5) is 35.5. The van der Waals surface area contributed by atoms with E-state index in [-0.39, 0.29) is 30.4 Å². The van der Waals surface area contributed by atoms with Crippen molar-refractivity contribution in [3.05, 3.63) is 0 Å². The lowest BCUT2D eigenvalue weighted by atomic mass is 9.53. The highest BCUT2D eigenvalue weighted by atomic mass is 16.4. The molecule has 0 spiro atoms. The second kappa shape index (κ2) is 8.48. The summed E-state index contributed by atoms with van der Waals surface area (Å²) < 4.78 is 0. The van der Waals surface area contributed by atoms with Gasteiger partial charge in [0.1, 0.15) is 6.04 Å². The number of hydrogen-bond donors (Lipinski definition) is 4. The van der Waals surface area contributed by atoms with Crippen molar-refractivity contribution in [2.24, 2.45) is 17.8 Å². The zero-order valence-electron chi connectivity index (χ0n) is 16.3. The number of carboxylic acid groups (broad SMARTS) is 1. The molecule has 4 aliphatic rings. The highest BCUT2D eigenvalue weighted by molar-refractivity contribution is 5.84. The first-order valence-electron chi connectivity index (χ1n) is 10.5. The van der Waals surface area contributed by atoms with Crippen LogP contribution >= 0.6 is 0 Å². The summed E-state index contributed by atoms with van der Waals surface area (Å²) in [5.41, 5.74) is -0.0460. The number of urea groups is 1. The molecule has 4 bridgehead atoms. The van der Waals surface area contributed by atoms with E-state index in [0.29, 0.717) is 6.42 Å². The van der Waals surface area contributed by atoms with Gasteiger partial charge in [-0.2, -0.15) is 0 Å². The molecule has 27 heavy (non-hydrogen) atoms. The molecule has 4 rings (SSSR count). The average molecular weight is 380 g/mol. The summed E-state index contributed by atoms with van der Waals surface area (Å²) >= 11 is 0. The number of carbonyl (C=O) groups excluding carboxylic acids is 2. The fourth-order valence-electron chi connectivity index (χ4n) is 5.77. The molecule has 152 valence electrons. The third kappa shape index (κ3) is 5.14. The molecule has 0 aromatic heterocycles. The standard InChI is InChI=1S/C20H33N3O4/c1-2-3-4-16(18(25)26)22-17(24)5-6-21-19(27)23-20-10-13-7-14(11-20)9-15(8-13)12-20/h13-16H,2-12H2,1H3,(H,22,24)(H,25,26)(H2,21,23,27). The Labute approximate surface area is 161 Å². The Hall–Kier alpha value is -1.79. The third-order valence-corrected chi connectivity index (χ3v) is 6.53. The van der Waals surface area contributed by atoms with Gasteiger partial charge in [-0.1, -0.05) is 19.8 Å². The number of rotatable bonds is 9. The zero-order valence-corrected chi connectivity index (χ0v) is 16.3. The smallest absolute Gasteiger partial charge is 0.326 e.